The van der Waals surface area contributed by atoms with E-state index in [2.05, 4.69) is 36.0 Å². The largest absolute Gasteiger partial charge is 0.317 e. The molecule has 3 nitrogen and oxygen atoms in total. The van der Waals surface area contributed by atoms with Crippen molar-refractivity contribution in [3.63, 3.8) is 0 Å². The molecule has 2 aliphatic heterocycles. The third-order valence-corrected chi connectivity index (χ3v) is 4.75. The number of hydrogen-bond acceptors (Lipinski definition) is 3. The molecule has 0 saturated carbocycles. The Morgan fingerprint density at radius 2 is 1.94 bits per heavy atom. The lowest BCUT2D eigenvalue weighted by molar-refractivity contribution is 0.0509. The van der Waals surface area contributed by atoms with Gasteiger partial charge in [-0.05, 0) is 44.8 Å². The minimum absolute atomic E-state index is 0.555. The zero-order chi connectivity index (χ0) is 12.3. The van der Waals surface area contributed by atoms with Gasteiger partial charge in [-0.25, -0.2) is 0 Å². The van der Waals surface area contributed by atoms with Crippen LogP contribution in [0.2, 0.25) is 0 Å². The quantitative estimate of drug-likeness (QED) is 0.803. The van der Waals surface area contributed by atoms with E-state index in [4.69, 9.17) is 0 Å². The number of hydrogen-bond donors (Lipinski definition) is 1. The van der Waals surface area contributed by atoms with Crippen LogP contribution in [0, 0.1) is 5.41 Å². The molecule has 0 spiro atoms. The molecule has 0 aliphatic carbocycles. The van der Waals surface area contributed by atoms with E-state index in [1.165, 1.54) is 58.5 Å². The van der Waals surface area contributed by atoms with Crippen LogP contribution in [0.15, 0.2) is 0 Å². The SMILES string of the molecule is CCC1CN(CC2(C)CCNCC2)CCN1C. The first kappa shape index (κ1) is 13.3. The summed E-state index contributed by atoms with van der Waals surface area (Å²) in [5.74, 6) is 0. The van der Waals surface area contributed by atoms with E-state index in [-0.39, 0.29) is 0 Å². The van der Waals surface area contributed by atoms with E-state index in [1.54, 1.807) is 0 Å². The van der Waals surface area contributed by atoms with Gasteiger partial charge in [0.2, 0.25) is 0 Å². The van der Waals surface area contributed by atoms with Gasteiger partial charge in [-0.1, -0.05) is 13.8 Å². The lowest BCUT2D eigenvalue weighted by atomic mass is 9.80. The van der Waals surface area contributed by atoms with E-state index >= 15 is 0 Å². The minimum atomic E-state index is 0.555. The fourth-order valence-corrected chi connectivity index (χ4v) is 3.32. The van der Waals surface area contributed by atoms with E-state index < -0.39 is 0 Å². The Kier molecular flexibility index (Phi) is 4.45. The fourth-order valence-electron chi connectivity index (χ4n) is 3.32. The molecule has 0 aromatic heterocycles. The molecule has 2 heterocycles. The van der Waals surface area contributed by atoms with Crippen molar-refractivity contribution >= 4 is 0 Å². The molecule has 2 rings (SSSR count). The van der Waals surface area contributed by atoms with Crippen LogP contribution in [0.5, 0.6) is 0 Å². The van der Waals surface area contributed by atoms with Crippen molar-refractivity contribution in [2.45, 2.75) is 39.2 Å². The topological polar surface area (TPSA) is 18.5 Å². The monoisotopic (exact) mass is 239 g/mol. The van der Waals surface area contributed by atoms with Crippen molar-refractivity contribution < 1.29 is 0 Å². The van der Waals surface area contributed by atoms with E-state index in [0.29, 0.717) is 5.41 Å². The minimum Gasteiger partial charge on any atom is -0.317 e. The van der Waals surface area contributed by atoms with Gasteiger partial charge in [-0.3, -0.25) is 4.90 Å². The van der Waals surface area contributed by atoms with Crippen LogP contribution in [-0.4, -0.2) is 62.2 Å². The number of piperidine rings is 1. The summed E-state index contributed by atoms with van der Waals surface area (Å²) < 4.78 is 0. The Hall–Kier alpha value is -0.120. The zero-order valence-corrected chi connectivity index (χ0v) is 11.8. The first-order chi connectivity index (χ1) is 8.13. The van der Waals surface area contributed by atoms with Crippen LogP contribution in [-0.2, 0) is 0 Å². The highest BCUT2D eigenvalue weighted by Crippen LogP contribution is 2.29. The predicted molar refractivity (Wildman–Crippen MR) is 73.4 cm³/mol. The van der Waals surface area contributed by atoms with Gasteiger partial charge in [0, 0.05) is 32.2 Å². The fraction of sp³-hybridized carbons (Fsp3) is 1.00. The van der Waals surface area contributed by atoms with Crippen LogP contribution in [0.4, 0.5) is 0 Å². The third kappa shape index (κ3) is 3.43. The van der Waals surface area contributed by atoms with E-state index in [1.807, 2.05) is 0 Å². The van der Waals surface area contributed by atoms with Crippen LogP contribution in [0.1, 0.15) is 33.1 Å². The average Bonchev–Trinajstić information content (AvgIpc) is 2.32. The van der Waals surface area contributed by atoms with Gasteiger partial charge in [0.25, 0.3) is 0 Å². The second-order valence-corrected chi connectivity index (χ2v) is 6.34. The molecule has 17 heavy (non-hydrogen) atoms. The molecule has 0 bridgehead atoms. The molecule has 2 aliphatic rings. The van der Waals surface area contributed by atoms with Gasteiger partial charge in [0.1, 0.15) is 0 Å². The Balaban J connectivity index is 1.86. The Morgan fingerprint density at radius 3 is 2.59 bits per heavy atom. The van der Waals surface area contributed by atoms with Crippen molar-refractivity contribution in [2.75, 3.05) is 46.3 Å². The van der Waals surface area contributed by atoms with Gasteiger partial charge in [-0.15, -0.1) is 0 Å². The molecule has 1 unspecified atom stereocenters. The molecule has 100 valence electrons. The average molecular weight is 239 g/mol. The maximum absolute atomic E-state index is 3.48. The van der Waals surface area contributed by atoms with Crippen LogP contribution >= 0.6 is 0 Å². The van der Waals surface area contributed by atoms with Gasteiger partial charge in [-0.2, -0.15) is 0 Å². The highest BCUT2D eigenvalue weighted by atomic mass is 15.3. The van der Waals surface area contributed by atoms with Gasteiger partial charge in [0.15, 0.2) is 0 Å². The molecule has 0 radical (unpaired) electrons. The van der Waals surface area contributed by atoms with Crippen molar-refractivity contribution in [1.82, 2.24) is 15.1 Å². The number of likely N-dealkylation sites (N-methyl/N-ethyl adjacent to an activating group) is 1. The van der Waals surface area contributed by atoms with Crippen LogP contribution < -0.4 is 5.32 Å². The van der Waals surface area contributed by atoms with Crippen molar-refractivity contribution in [1.29, 1.82) is 0 Å². The first-order valence-corrected chi connectivity index (χ1v) is 7.26. The summed E-state index contributed by atoms with van der Waals surface area (Å²) in [4.78, 5) is 5.24. The van der Waals surface area contributed by atoms with Crippen molar-refractivity contribution in [3.05, 3.63) is 0 Å². The summed E-state index contributed by atoms with van der Waals surface area (Å²) in [7, 11) is 2.28. The summed E-state index contributed by atoms with van der Waals surface area (Å²) in [6, 6.07) is 0.772. The first-order valence-electron chi connectivity index (χ1n) is 7.26. The predicted octanol–water partition coefficient (Wildman–Crippen LogP) is 1.40. The number of nitrogens with zero attached hydrogens (tertiary/aromatic N) is 2. The highest BCUT2D eigenvalue weighted by Gasteiger charge is 2.31. The standard InChI is InChI=1S/C14H29N3/c1-4-13-11-17(10-9-16(13)3)12-14(2)5-7-15-8-6-14/h13,15H,4-12H2,1-3H3. The summed E-state index contributed by atoms with van der Waals surface area (Å²) in [5.41, 5.74) is 0.555. The number of rotatable bonds is 3. The summed E-state index contributed by atoms with van der Waals surface area (Å²) >= 11 is 0. The highest BCUT2D eigenvalue weighted by molar-refractivity contribution is 4.87. The summed E-state index contributed by atoms with van der Waals surface area (Å²) in [6.45, 7) is 12.3. The third-order valence-electron chi connectivity index (χ3n) is 4.75. The summed E-state index contributed by atoms with van der Waals surface area (Å²) in [6.07, 6.45) is 3.97. The number of nitrogens with one attached hydrogen (secondary N) is 1. The molecular weight excluding hydrogens is 210 g/mol. The molecule has 2 fully saturated rings. The normalized spacial score (nSPS) is 31.6. The Labute approximate surface area is 107 Å². The smallest absolute Gasteiger partial charge is 0.0218 e. The Bertz CT molecular complexity index is 236. The van der Waals surface area contributed by atoms with Crippen molar-refractivity contribution in [3.8, 4) is 0 Å². The lowest BCUT2D eigenvalue weighted by Gasteiger charge is -2.44. The van der Waals surface area contributed by atoms with Gasteiger partial charge < -0.3 is 10.2 Å². The molecule has 0 amide bonds. The van der Waals surface area contributed by atoms with Gasteiger partial charge >= 0.3 is 0 Å². The molecule has 2 saturated heterocycles. The molecule has 0 aromatic carbocycles. The molecule has 1 atom stereocenters. The van der Waals surface area contributed by atoms with Crippen LogP contribution in [0.3, 0.4) is 0 Å². The zero-order valence-electron chi connectivity index (χ0n) is 11.8. The molecule has 1 N–H and O–H groups in total. The second-order valence-electron chi connectivity index (χ2n) is 6.34. The van der Waals surface area contributed by atoms with Gasteiger partial charge in [0.05, 0.1) is 0 Å². The van der Waals surface area contributed by atoms with Crippen LogP contribution in [0.25, 0.3) is 0 Å². The maximum atomic E-state index is 3.48. The second kappa shape index (κ2) is 5.68. The Morgan fingerprint density at radius 1 is 1.24 bits per heavy atom. The molecule has 0 aromatic rings. The number of piperazine rings is 1. The van der Waals surface area contributed by atoms with E-state index in [0.717, 1.165) is 6.04 Å². The van der Waals surface area contributed by atoms with E-state index in [9.17, 15) is 0 Å². The maximum Gasteiger partial charge on any atom is 0.0218 e. The lowest BCUT2D eigenvalue weighted by Crippen LogP contribution is -2.54. The summed E-state index contributed by atoms with van der Waals surface area (Å²) in [5, 5.41) is 3.48. The molecule has 3 heteroatoms. The molecular formula is C14H29N3. The van der Waals surface area contributed by atoms with Crippen molar-refractivity contribution in [2.24, 2.45) is 5.41 Å².